The molecule has 1 aliphatic heterocycles. The Kier molecular flexibility index (Phi) is 3.39. The van der Waals surface area contributed by atoms with Crippen LogP contribution >= 0.6 is 0 Å². The quantitative estimate of drug-likeness (QED) is 0.788. The number of ether oxygens (including phenoxy) is 1. The SMILES string of the molecule is CC(C)(C)OC(=O)C1(C2CCNCC2)CC2(CCC2)C1. The molecular formula is C17H29NO2. The molecule has 0 radical (unpaired) electrons. The number of hydrogen-bond acceptors (Lipinski definition) is 3. The number of carbonyl (C=O) groups is 1. The van der Waals surface area contributed by atoms with Gasteiger partial charge in [0.15, 0.2) is 0 Å². The zero-order valence-electron chi connectivity index (χ0n) is 13.3. The first kappa shape index (κ1) is 14.4. The fourth-order valence-corrected chi connectivity index (χ4v) is 4.67. The van der Waals surface area contributed by atoms with E-state index in [1.165, 1.54) is 19.3 Å². The van der Waals surface area contributed by atoms with E-state index in [4.69, 9.17) is 4.74 Å². The van der Waals surface area contributed by atoms with Crippen LogP contribution in [-0.4, -0.2) is 24.7 Å². The maximum absolute atomic E-state index is 12.8. The zero-order valence-corrected chi connectivity index (χ0v) is 13.3. The molecule has 0 atom stereocenters. The lowest BCUT2D eigenvalue weighted by Gasteiger charge is -2.62. The van der Waals surface area contributed by atoms with Crippen LogP contribution < -0.4 is 5.32 Å². The van der Waals surface area contributed by atoms with Gasteiger partial charge >= 0.3 is 5.97 Å². The number of piperidine rings is 1. The number of nitrogens with one attached hydrogen (secondary N) is 1. The Morgan fingerprint density at radius 2 is 1.75 bits per heavy atom. The van der Waals surface area contributed by atoms with E-state index >= 15 is 0 Å². The second-order valence-electron chi connectivity index (χ2n) is 8.39. The highest BCUT2D eigenvalue weighted by Gasteiger charge is 2.64. The summed E-state index contributed by atoms with van der Waals surface area (Å²) in [7, 11) is 0. The van der Waals surface area contributed by atoms with Crippen molar-refractivity contribution in [2.24, 2.45) is 16.7 Å². The minimum atomic E-state index is -0.362. The predicted molar refractivity (Wildman–Crippen MR) is 79.4 cm³/mol. The van der Waals surface area contributed by atoms with E-state index in [1.54, 1.807) is 0 Å². The largest absolute Gasteiger partial charge is 0.460 e. The Balaban J connectivity index is 1.75. The van der Waals surface area contributed by atoms with Gasteiger partial charge in [-0.15, -0.1) is 0 Å². The van der Waals surface area contributed by atoms with Crippen molar-refractivity contribution >= 4 is 5.97 Å². The van der Waals surface area contributed by atoms with Crippen molar-refractivity contribution in [3.05, 3.63) is 0 Å². The second kappa shape index (κ2) is 4.72. The molecule has 0 aromatic rings. The molecule has 3 aliphatic rings. The minimum absolute atomic E-state index is 0.0921. The van der Waals surface area contributed by atoms with Crippen molar-refractivity contribution in [3.63, 3.8) is 0 Å². The van der Waals surface area contributed by atoms with Crippen LogP contribution in [0.3, 0.4) is 0 Å². The highest BCUT2D eigenvalue weighted by atomic mass is 16.6. The molecule has 20 heavy (non-hydrogen) atoms. The molecule has 0 amide bonds. The summed E-state index contributed by atoms with van der Waals surface area (Å²) in [5, 5.41) is 3.42. The molecule has 1 saturated heterocycles. The maximum Gasteiger partial charge on any atom is 0.312 e. The Hall–Kier alpha value is -0.570. The third-order valence-corrected chi connectivity index (χ3v) is 5.72. The second-order valence-corrected chi connectivity index (χ2v) is 8.39. The summed E-state index contributed by atoms with van der Waals surface area (Å²) in [4.78, 5) is 12.8. The molecule has 3 nitrogen and oxygen atoms in total. The molecule has 1 heterocycles. The molecular weight excluding hydrogens is 250 g/mol. The number of carbonyl (C=O) groups excluding carboxylic acids is 1. The average molecular weight is 279 g/mol. The molecule has 3 fully saturated rings. The van der Waals surface area contributed by atoms with E-state index in [9.17, 15) is 4.79 Å². The van der Waals surface area contributed by atoms with Crippen molar-refractivity contribution in [2.45, 2.75) is 71.3 Å². The van der Waals surface area contributed by atoms with Gasteiger partial charge in [-0.25, -0.2) is 0 Å². The van der Waals surface area contributed by atoms with Gasteiger partial charge in [0.1, 0.15) is 5.60 Å². The lowest BCUT2D eigenvalue weighted by atomic mass is 9.41. The van der Waals surface area contributed by atoms with Gasteiger partial charge in [-0.05, 0) is 83.7 Å². The van der Waals surface area contributed by atoms with Gasteiger partial charge in [0.05, 0.1) is 5.41 Å². The molecule has 1 spiro atoms. The summed E-state index contributed by atoms with van der Waals surface area (Å²) >= 11 is 0. The molecule has 2 aliphatic carbocycles. The molecule has 2 saturated carbocycles. The van der Waals surface area contributed by atoms with Gasteiger partial charge in [0.2, 0.25) is 0 Å². The van der Waals surface area contributed by atoms with Crippen LogP contribution in [0.15, 0.2) is 0 Å². The zero-order chi connectivity index (χ0) is 14.4. The smallest absolute Gasteiger partial charge is 0.312 e. The number of rotatable bonds is 2. The van der Waals surface area contributed by atoms with Crippen LogP contribution in [0.2, 0.25) is 0 Å². The lowest BCUT2D eigenvalue weighted by Crippen LogP contribution is -2.60. The van der Waals surface area contributed by atoms with Crippen LogP contribution in [0.5, 0.6) is 0 Å². The van der Waals surface area contributed by atoms with E-state index < -0.39 is 0 Å². The van der Waals surface area contributed by atoms with E-state index in [1.807, 2.05) is 20.8 Å². The van der Waals surface area contributed by atoms with E-state index in [0.29, 0.717) is 11.3 Å². The van der Waals surface area contributed by atoms with Gasteiger partial charge in [-0.3, -0.25) is 4.79 Å². The van der Waals surface area contributed by atoms with Gasteiger partial charge in [0.25, 0.3) is 0 Å². The normalized spacial score (nSPS) is 28.6. The van der Waals surface area contributed by atoms with Gasteiger partial charge in [-0.2, -0.15) is 0 Å². The summed E-state index contributed by atoms with van der Waals surface area (Å²) in [6.45, 7) is 8.07. The maximum atomic E-state index is 12.8. The third kappa shape index (κ3) is 2.38. The van der Waals surface area contributed by atoms with Crippen LogP contribution in [0.1, 0.15) is 65.7 Å². The van der Waals surface area contributed by atoms with Crippen LogP contribution in [0, 0.1) is 16.7 Å². The number of esters is 1. The Morgan fingerprint density at radius 1 is 1.15 bits per heavy atom. The first-order valence-corrected chi connectivity index (χ1v) is 8.30. The van der Waals surface area contributed by atoms with Crippen molar-refractivity contribution in [2.75, 3.05) is 13.1 Å². The fraction of sp³-hybridized carbons (Fsp3) is 0.941. The molecule has 1 N–H and O–H groups in total. The monoisotopic (exact) mass is 279 g/mol. The molecule has 0 bridgehead atoms. The van der Waals surface area contributed by atoms with Crippen molar-refractivity contribution in [1.29, 1.82) is 0 Å². The Bertz CT molecular complexity index is 378. The summed E-state index contributed by atoms with van der Waals surface area (Å²) in [6, 6.07) is 0. The minimum Gasteiger partial charge on any atom is -0.460 e. The molecule has 3 heteroatoms. The standard InChI is InChI=1S/C17H29NO2/c1-15(2,3)20-14(19)17(13-5-9-18-10-6-13)11-16(12-17)7-4-8-16/h13,18H,4-12H2,1-3H3. The Labute approximate surface area is 122 Å². The predicted octanol–water partition coefficient (Wildman–Crippen LogP) is 3.28. The molecule has 3 rings (SSSR count). The van der Waals surface area contributed by atoms with Gasteiger partial charge in [0, 0.05) is 0 Å². The van der Waals surface area contributed by atoms with Crippen molar-refractivity contribution < 1.29 is 9.53 Å². The average Bonchev–Trinajstić information content (AvgIpc) is 2.24. The van der Waals surface area contributed by atoms with Gasteiger partial charge < -0.3 is 10.1 Å². The van der Waals surface area contributed by atoms with Crippen molar-refractivity contribution in [3.8, 4) is 0 Å². The van der Waals surface area contributed by atoms with Crippen molar-refractivity contribution in [1.82, 2.24) is 5.32 Å². The highest BCUT2D eigenvalue weighted by Crippen LogP contribution is 2.68. The first-order chi connectivity index (χ1) is 9.35. The topological polar surface area (TPSA) is 38.3 Å². The first-order valence-electron chi connectivity index (χ1n) is 8.30. The summed E-state index contributed by atoms with van der Waals surface area (Å²) in [5.41, 5.74) is -0.00303. The fourth-order valence-electron chi connectivity index (χ4n) is 4.67. The highest BCUT2D eigenvalue weighted by molar-refractivity contribution is 5.79. The van der Waals surface area contributed by atoms with E-state index in [2.05, 4.69) is 5.32 Å². The third-order valence-electron chi connectivity index (χ3n) is 5.72. The van der Waals surface area contributed by atoms with E-state index in [0.717, 1.165) is 38.8 Å². The molecule has 0 aromatic heterocycles. The summed E-state index contributed by atoms with van der Waals surface area (Å²) in [6.07, 6.45) is 8.49. The summed E-state index contributed by atoms with van der Waals surface area (Å²) < 4.78 is 5.80. The van der Waals surface area contributed by atoms with Crippen LogP contribution in [0.25, 0.3) is 0 Å². The molecule has 0 aromatic carbocycles. The van der Waals surface area contributed by atoms with E-state index in [-0.39, 0.29) is 17.0 Å². The molecule has 114 valence electrons. The molecule has 0 unspecified atom stereocenters. The van der Waals surface area contributed by atoms with Crippen LogP contribution in [0.4, 0.5) is 0 Å². The lowest BCUT2D eigenvalue weighted by molar-refractivity contribution is -0.203. The van der Waals surface area contributed by atoms with Crippen LogP contribution in [-0.2, 0) is 9.53 Å². The van der Waals surface area contributed by atoms with Gasteiger partial charge in [-0.1, -0.05) is 6.42 Å². The Morgan fingerprint density at radius 3 is 2.20 bits per heavy atom. The summed E-state index contributed by atoms with van der Waals surface area (Å²) in [5.74, 6) is 0.624. The number of hydrogen-bond donors (Lipinski definition) is 1.